The highest BCUT2D eigenvalue weighted by atomic mass is 32.2. The van der Waals surface area contributed by atoms with Gasteiger partial charge in [-0.15, -0.1) is 0 Å². The lowest BCUT2D eigenvalue weighted by Crippen LogP contribution is -2.33. The average molecular weight is 442 g/mol. The predicted molar refractivity (Wildman–Crippen MR) is 131 cm³/mol. The maximum absolute atomic E-state index is 12.5. The molecule has 1 saturated carbocycles. The summed E-state index contributed by atoms with van der Waals surface area (Å²) >= 11 is 0. The fourth-order valence-electron chi connectivity index (χ4n) is 4.44. The smallest absolute Gasteiger partial charge is 0.242 e. The lowest BCUT2D eigenvalue weighted by molar-refractivity contribution is 0.268. The first-order chi connectivity index (χ1) is 15.0. The normalized spacial score (nSPS) is 19.5. The van der Waals surface area contributed by atoms with Gasteiger partial charge in [0.25, 0.3) is 0 Å². The number of sulfonamides is 1. The zero-order valence-corrected chi connectivity index (χ0v) is 18.6. The quantitative estimate of drug-likeness (QED) is 0.439. The topological polar surface area (TPSA) is 84.2 Å². The summed E-state index contributed by atoms with van der Waals surface area (Å²) in [5.74, 6) is 1.04. The Balaban J connectivity index is 0.00000193. The largest absolute Gasteiger partial charge is 0.398 e. The molecule has 0 amide bonds. The van der Waals surface area contributed by atoms with E-state index in [1.807, 2.05) is 0 Å². The molecule has 168 valence electrons. The summed E-state index contributed by atoms with van der Waals surface area (Å²) in [5.41, 5.74) is 7.42. The Morgan fingerprint density at radius 3 is 2.23 bits per heavy atom. The summed E-state index contributed by atoms with van der Waals surface area (Å²) in [6, 6.07) is 21.7. The van der Waals surface area contributed by atoms with Gasteiger partial charge in [0.1, 0.15) is 4.90 Å². The monoisotopic (exact) mass is 441 g/mol. The minimum atomic E-state index is -3.55. The molecule has 31 heavy (non-hydrogen) atoms. The van der Waals surface area contributed by atoms with Crippen LogP contribution in [0.2, 0.25) is 0 Å². The molecule has 4 N–H and O–H groups in total. The molecule has 0 atom stereocenters. The average Bonchev–Trinajstić information content (AvgIpc) is 2.79. The summed E-state index contributed by atoms with van der Waals surface area (Å²) in [6.45, 7) is 2.36. The highest BCUT2D eigenvalue weighted by Crippen LogP contribution is 2.28. The number of fused-ring (bicyclic) bond motifs is 1. The molecule has 3 aromatic carbocycles. The second kappa shape index (κ2) is 9.81. The molecule has 0 aliphatic heterocycles. The van der Waals surface area contributed by atoms with E-state index in [0.717, 1.165) is 38.8 Å². The van der Waals surface area contributed by atoms with E-state index in [-0.39, 0.29) is 13.4 Å². The van der Waals surface area contributed by atoms with Crippen molar-refractivity contribution < 1.29 is 11.3 Å². The molecule has 1 fully saturated rings. The first-order valence-electron chi connectivity index (χ1n) is 11.0. The second-order valence-corrected chi connectivity index (χ2v) is 10.3. The van der Waals surface area contributed by atoms with E-state index in [1.54, 1.807) is 24.3 Å². The van der Waals surface area contributed by atoms with Crippen LogP contribution in [-0.2, 0) is 16.6 Å². The Morgan fingerprint density at radius 2 is 1.48 bits per heavy atom. The molecule has 0 heterocycles. The molecule has 0 unspecified atom stereocenters. The van der Waals surface area contributed by atoms with Gasteiger partial charge in [0.15, 0.2) is 0 Å². The van der Waals surface area contributed by atoms with Crippen LogP contribution in [0, 0.1) is 11.8 Å². The Morgan fingerprint density at radius 1 is 0.839 bits per heavy atom. The first-order valence-corrected chi connectivity index (χ1v) is 12.5. The molecule has 0 saturated heterocycles. The van der Waals surface area contributed by atoms with Crippen molar-refractivity contribution in [3.05, 3.63) is 72.3 Å². The molecule has 6 heteroatoms. The van der Waals surface area contributed by atoms with E-state index in [0.29, 0.717) is 18.4 Å². The van der Waals surface area contributed by atoms with Crippen molar-refractivity contribution in [3.8, 4) is 0 Å². The van der Waals surface area contributed by atoms with Crippen LogP contribution in [0.25, 0.3) is 10.8 Å². The molecule has 3 aromatic rings. The maximum Gasteiger partial charge on any atom is 0.242 e. The molecule has 0 spiro atoms. The highest BCUT2D eigenvalue weighted by Gasteiger charge is 2.23. The number of hydrogen-bond acceptors (Lipinski definition) is 4. The minimum Gasteiger partial charge on any atom is -0.398 e. The van der Waals surface area contributed by atoms with Crippen molar-refractivity contribution in [2.45, 2.75) is 37.1 Å². The van der Waals surface area contributed by atoms with Gasteiger partial charge in [-0.25, -0.2) is 13.1 Å². The number of benzene rings is 3. The second-order valence-electron chi connectivity index (χ2n) is 8.59. The molecular formula is C25H35N3O2S. The Bertz CT molecular complexity index is 1130. The molecule has 0 bridgehead atoms. The minimum absolute atomic E-state index is 0. The summed E-state index contributed by atoms with van der Waals surface area (Å²) in [4.78, 5) is 0.168. The van der Waals surface area contributed by atoms with E-state index in [4.69, 9.17) is 5.73 Å². The van der Waals surface area contributed by atoms with Crippen LogP contribution in [0.1, 0.15) is 34.1 Å². The molecular weight excluding hydrogens is 406 g/mol. The van der Waals surface area contributed by atoms with Crippen LogP contribution in [0.5, 0.6) is 0 Å². The Kier molecular flexibility index (Phi) is 6.90. The standard InChI is InChI=1S/C25H31N3O2S.2H2/c26-24-7-3-4-8-25(24)31(29,30)28-18-20-11-9-19(10-12-20)16-27-17-21-13-14-22-5-1-2-6-23(22)15-21;;/h1-8,13-15,19-20,27-28H,9-12,16-18,26H2;2*1H. The summed E-state index contributed by atoms with van der Waals surface area (Å²) in [5, 5.41) is 6.16. The number of rotatable bonds is 8. The number of nitrogens with two attached hydrogens (primary N) is 1. The van der Waals surface area contributed by atoms with E-state index in [2.05, 4.69) is 52.5 Å². The summed E-state index contributed by atoms with van der Waals surface area (Å²) < 4.78 is 27.8. The lowest BCUT2D eigenvalue weighted by Gasteiger charge is -2.29. The van der Waals surface area contributed by atoms with Crippen molar-refractivity contribution >= 4 is 26.5 Å². The summed E-state index contributed by atoms with van der Waals surface area (Å²) in [7, 11) is -3.55. The van der Waals surface area contributed by atoms with Gasteiger partial charge in [-0.2, -0.15) is 0 Å². The van der Waals surface area contributed by atoms with Gasteiger partial charge >= 0.3 is 0 Å². The van der Waals surface area contributed by atoms with Crippen LogP contribution in [0.15, 0.2) is 71.6 Å². The van der Waals surface area contributed by atoms with Crippen molar-refractivity contribution in [1.82, 2.24) is 10.0 Å². The number of nitrogens with one attached hydrogen (secondary N) is 2. The third-order valence-electron chi connectivity index (χ3n) is 6.31. The van der Waals surface area contributed by atoms with E-state index < -0.39 is 10.0 Å². The Labute approximate surface area is 188 Å². The van der Waals surface area contributed by atoms with Crippen LogP contribution in [0.3, 0.4) is 0 Å². The number of para-hydroxylation sites is 1. The molecule has 0 radical (unpaired) electrons. The number of hydrogen-bond donors (Lipinski definition) is 3. The molecule has 0 aromatic heterocycles. The van der Waals surface area contributed by atoms with Gasteiger partial charge in [-0.3, -0.25) is 0 Å². The van der Waals surface area contributed by atoms with Crippen LogP contribution < -0.4 is 15.8 Å². The first kappa shape index (κ1) is 21.8. The van der Waals surface area contributed by atoms with Gasteiger partial charge in [0.2, 0.25) is 10.0 Å². The highest BCUT2D eigenvalue weighted by molar-refractivity contribution is 7.89. The fraction of sp³-hybridized carbons (Fsp3) is 0.360. The SMILES string of the molecule is Nc1ccccc1S(=O)(=O)NCC1CCC(CNCc2ccc3ccccc3c2)CC1.[HH].[HH]. The predicted octanol–water partition coefficient (Wildman–Crippen LogP) is 4.79. The Hall–Kier alpha value is -2.41. The van der Waals surface area contributed by atoms with Crippen LogP contribution in [0.4, 0.5) is 5.69 Å². The summed E-state index contributed by atoms with van der Waals surface area (Å²) in [6.07, 6.45) is 4.36. The van der Waals surface area contributed by atoms with Gasteiger partial charge in [0, 0.05) is 15.9 Å². The lowest BCUT2D eigenvalue weighted by atomic mass is 9.82. The van der Waals surface area contributed by atoms with Crippen LogP contribution >= 0.6 is 0 Å². The fourth-order valence-corrected chi connectivity index (χ4v) is 5.69. The maximum atomic E-state index is 12.5. The third-order valence-corrected chi connectivity index (χ3v) is 7.81. The van der Waals surface area contributed by atoms with Crippen molar-refractivity contribution in [2.24, 2.45) is 11.8 Å². The van der Waals surface area contributed by atoms with Crippen molar-refractivity contribution in [1.29, 1.82) is 0 Å². The van der Waals surface area contributed by atoms with Gasteiger partial charge in [-0.1, -0.05) is 48.5 Å². The van der Waals surface area contributed by atoms with Crippen molar-refractivity contribution in [2.75, 3.05) is 18.8 Å². The molecule has 1 aliphatic carbocycles. The zero-order valence-electron chi connectivity index (χ0n) is 17.8. The molecule has 4 rings (SSSR count). The van der Waals surface area contributed by atoms with Crippen LogP contribution in [-0.4, -0.2) is 21.5 Å². The van der Waals surface area contributed by atoms with Crippen molar-refractivity contribution in [3.63, 3.8) is 0 Å². The number of anilines is 1. The number of nitrogen functional groups attached to an aromatic ring is 1. The third kappa shape index (κ3) is 5.64. The zero-order chi connectivity index (χ0) is 21.7. The van der Waals surface area contributed by atoms with E-state index in [9.17, 15) is 8.42 Å². The molecule has 5 nitrogen and oxygen atoms in total. The van der Waals surface area contributed by atoms with E-state index in [1.165, 1.54) is 16.3 Å². The molecule has 1 aliphatic rings. The van der Waals surface area contributed by atoms with Gasteiger partial charge < -0.3 is 11.1 Å². The van der Waals surface area contributed by atoms with Gasteiger partial charge in [0.05, 0.1) is 5.69 Å². The van der Waals surface area contributed by atoms with E-state index >= 15 is 0 Å². The van der Waals surface area contributed by atoms with Gasteiger partial charge in [-0.05, 0) is 78.6 Å².